The zero-order chi connectivity index (χ0) is 17.4. The molecule has 0 saturated carbocycles. The van der Waals surface area contributed by atoms with Crippen molar-refractivity contribution in [3.05, 3.63) is 41.6 Å². The number of benzene rings is 1. The van der Waals surface area contributed by atoms with E-state index in [2.05, 4.69) is 10.6 Å². The van der Waals surface area contributed by atoms with E-state index in [0.29, 0.717) is 12.1 Å². The fourth-order valence-corrected chi connectivity index (χ4v) is 1.97. The molecule has 0 heterocycles. The maximum Gasteiger partial charge on any atom is 0.326 e. The second-order valence-corrected chi connectivity index (χ2v) is 5.68. The zero-order valence-electron chi connectivity index (χ0n) is 13.5. The van der Waals surface area contributed by atoms with E-state index in [1.54, 1.807) is 24.3 Å². The van der Waals surface area contributed by atoms with Gasteiger partial charge in [0.2, 0.25) is 0 Å². The fraction of sp³-hybridized carbons (Fsp3) is 0.353. The number of nitriles is 1. The number of carbonyl (C=O) groups is 2. The molecule has 3 N–H and O–H groups in total. The van der Waals surface area contributed by atoms with Gasteiger partial charge in [0.25, 0.3) is 5.91 Å². The van der Waals surface area contributed by atoms with Gasteiger partial charge in [0.15, 0.2) is 0 Å². The average Bonchev–Trinajstić information content (AvgIpc) is 2.46. The van der Waals surface area contributed by atoms with Crippen LogP contribution in [0.3, 0.4) is 0 Å². The Morgan fingerprint density at radius 1 is 1.39 bits per heavy atom. The number of nitrogens with one attached hydrogen (secondary N) is 2. The van der Waals surface area contributed by atoms with E-state index < -0.39 is 17.9 Å². The molecule has 0 fully saturated rings. The van der Waals surface area contributed by atoms with Gasteiger partial charge in [-0.15, -0.1) is 0 Å². The number of aliphatic carboxylic acids is 1. The summed E-state index contributed by atoms with van der Waals surface area (Å²) in [6.45, 7) is 5.69. The van der Waals surface area contributed by atoms with Crippen LogP contribution in [-0.2, 0) is 9.59 Å². The first kappa shape index (κ1) is 18.2. The Balaban J connectivity index is 2.79. The highest BCUT2D eigenvalue weighted by molar-refractivity contribution is 6.06. The number of hydrogen-bond acceptors (Lipinski definition) is 4. The number of rotatable bonds is 7. The van der Waals surface area contributed by atoms with Gasteiger partial charge in [-0.05, 0) is 37.0 Å². The molecule has 1 atom stereocenters. The first-order valence-electron chi connectivity index (χ1n) is 7.30. The van der Waals surface area contributed by atoms with Crippen molar-refractivity contribution < 1.29 is 14.7 Å². The largest absolute Gasteiger partial charge is 0.480 e. The third kappa shape index (κ3) is 6.22. The molecule has 1 rings (SSSR count). The summed E-state index contributed by atoms with van der Waals surface area (Å²) >= 11 is 0. The summed E-state index contributed by atoms with van der Waals surface area (Å²) in [6.07, 6.45) is 1.55. The number of anilines is 1. The second kappa shape index (κ2) is 8.59. The van der Waals surface area contributed by atoms with E-state index in [1.165, 1.54) is 0 Å². The quantitative estimate of drug-likeness (QED) is 0.530. The summed E-state index contributed by atoms with van der Waals surface area (Å²) in [5.74, 6) is -1.44. The Morgan fingerprint density at radius 2 is 2.09 bits per heavy atom. The van der Waals surface area contributed by atoms with Crippen molar-refractivity contribution in [2.75, 3.05) is 5.32 Å². The smallest absolute Gasteiger partial charge is 0.326 e. The van der Waals surface area contributed by atoms with Crippen LogP contribution in [0, 0.1) is 24.2 Å². The van der Waals surface area contributed by atoms with Gasteiger partial charge in [0.05, 0.1) is 0 Å². The SMILES string of the molecule is Cc1cccc(NC(=O)/C(C#N)=C\NC(CC(C)C)C(=O)O)c1. The predicted octanol–water partition coefficient (Wildman–Crippen LogP) is 2.43. The Bertz CT molecular complexity index is 645. The molecule has 0 aliphatic carbocycles. The number of nitrogens with zero attached hydrogens (tertiary/aromatic N) is 1. The van der Waals surface area contributed by atoms with Gasteiger partial charge in [-0.2, -0.15) is 5.26 Å². The van der Waals surface area contributed by atoms with Gasteiger partial charge in [-0.3, -0.25) is 4.79 Å². The van der Waals surface area contributed by atoms with E-state index >= 15 is 0 Å². The minimum atomic E-state index is -1.02. The minimum absolute atomic E-state index is 0.170. The van der Waals surface area contributed by atoms with Gasteiger partial charge in [-0.1, -0.05) is 26.0 Å². The van der Waals surface area contributed by atoms with Gasteiger partial charge < -0.3 is 15.7 Å². The first-order valence-corrected chi connectivity index (χ1v) is 7.30. The third-order valence-electron chi connectivity index (χ3n) is 3.08. The molecular formula is C17H21N3O3. The van der Waals surface area contributed by atoms with Crippen LogP contribution in [0.2, 0.25) is 0 Å². The van der Waals surface area contributed by atoms with Crippen LogP contribution in [0.15, 0.2) is 36.0 Å². The summed E-state index contributed by atoms with van der Waals surface area (Å²) < 4.78 is 0. The van der Waals surface area contributed by atoms with Gasteiger partial charge in [0, 0.05) is 11.9 Å². The summed E-state index contributed by atoms with van der Waals surface area (Å²) in [5, 5.41) is 23.5. The van der Waals surface area contributed by atoms with Crippen LogP contribution in [0.1, 0.15) is 25.8 Å². The van der Waals surface area contributed by atoms with Crippen molar-refractivity contribution in [3.63, 3.8) is 0 Å². The molecule has 0 aromatic heterocycles. The molecule has 1 unspecified atom stereocenters. The van der Waals surface area contributed by atoms with Crippen molar-refractivity contribution in [2.24, 2.45) is 5.92 Å². The maximum atomic E-state index is 12.1. The Labute approximate surface area is 135 Å². The van der Waals surface area contributed by atoms with Crippen molar-refractivity contribution >= 4 is 17.6 Å². The summed E-state index contributed by atoms with van der Waals surface area (Å²) in [5.41, 5.74) is 1.38. The highest BCUT2D eigenvalue weighted by atomic mass is 16.4. The molecule has 6 nitrogen and oxygen atoms in total. The number of hydrogen-bond donors (Lipinski definition) is 3. The van der Waals surface area contributed by atoms with Crippen LogP contribution in [0.4, 0.5) is 5.69 Å². The fourth-order valence-electron chi connectivity index (χ4n) is 1.97. The molecule has 0 bridgehead atoms. The van der Waals surface area contributed by atoms with Crippen LogP contribution in [-0.4, -0.2) is 23.0 Å². The van der Waals surface area contributed by atoms with Crippen LogP contribution >= 0.6 is 0 Å². The van der Waals surface area contributed by atoms with Crippen LogP contribution in [0.5, 0.6) is 0 Å². The number of amides is 1. The molecule has 0 spiro atoms. The molecule has 0 saturated heterocycles. The van der Waals surface area contributed by atoms with Crippen molar-refractivity contribution in [2.45, 2.75) is 33.2 Å². The standard InChI is InChI=1S/C17H21N3O3/c1-11(2)7-15(17(22)23)19-10-13(9-18)16(21)20-14-6-4-5-12(3)8-14/h4-6,8,10-11,15,19H,7H2,1-3H3,(H,20,21)(H,22,23)/b13-10-. The second-order valence-electron chi connectivity index (χ2n) is 5.68. The maximum absolute atomic E-state index is 12.1. The Hall–Kier alpha value is -2.81. The Kier molecular flexibility index (Phi) is 6.81. The molecule has 6 heteroatoms. The lowest BCUT2D eigenvalue weighted by atomic mass is 10.0. The monoisotopic (exact) mass is 315 g/mol. The summed E-state index contributed by atoms with van der Waals surface area (Å²) in [4.78, 5) is 23.2. The first-order chi connectivity index (χ1) is 10.8. The molecule has 1 aromatic carbocycles. The highest BCUT2D eigenvalue weighted by Gasteiger charge is 2.18. The number of carboxylic acids is 1. The van der Waals surface area contributed by atoms with Gasteiger partial charge >= 0.3 is 5.97 Å². The molecule has 122 valence electrons. The normalized spacial score (nSPS) is 12.4. The highest BCUT2D eigenvalue weighted by Crippen LogP contribution is 2.11. The lowest BCUT2D eigenvalue weighted by molar-refractivity contribution is -0.139. The molecule has 0 radical (unpaired) electrons. The summed E-state index contributed by atoms with van der Waals surface area (Å²) in [7, 11) is 0. The lowest BCUT2D eigenvalue weighted by Gasteiger charge is -2.15. The van der Waals surface area contributed by atoms with Crippen molar-refractivity contribution in [3.8, 4) is 6.07 Å². The molecule has 1 amide bonds. The minimum Gasteiger partial charge on any atom is -0.480 e. The van der Waals surface area contributed by atoms with E-state index in [4.69, 9.17) is 10.4 Å². The molecule has 0 aliphatic rings. The molecule has 0 aliphatic heterocycles. The van der Waals surface area contributed by atoms with Crippen molar-refractivity contribution in [1.82, 2.24) is 5.32 Å². The van der Waals surface area contributed by atoms with E-state index in [0.717, 1.165) is 11.8 Å². The van der Waals surface area contributed by atoms with Crippen LogP contribution < -0.4 is 10.6 Å². The Morgan fingerprint density at radius 3 is 2.61 bits per heavy atom. The zero-order valence-corrected chi connectivity index (χ0v) is 13.5. The van der Waals surface area contributed by atoms with Gasteiger partial charge in [-0.25, -0.2) is 4.79 Å². The predicted molar refractivity (Wildman–Crippen MR) is 87.5 cm³/mol. The topological polar surface area (TPSA) is 102 Å². The molecular weight excluding hydrogens is 294 g/mol. The number of carbonyl (C=O) groups excluding carboxylic acids is 1. The van der Waals surface area contributed by atoms with E-state index in [1.807, 2.05) is 26.8 Å². The number of aryl methyl sites for hydroxylation is 1. The average molecular weight is 315 g/mol. The third-order valence-corrected chi connectivity index (χ3v) is 3.08. The lowest BCUT2D eigenvalue weighted by Crippen LogP contribution is -2.35. The summed E-state index contributed by atoms with van der Waals surface area (Å²) in [6, 6.07) is 8.11. The van der Waals surface area contributed by atoms with E-state index in [9.17, 15) is 9.59 Å². The van der Waals surface area contributed by atoms with E-state index in [-0.39, 0.29) is 11.5 Å². The number of carboxylic acid groups (broad SMARTS) is 1. The van der Waals surface area contributed by atoms with Gasteiger partial charge in [0.1, 0.15) is 17.7 Å². The van der Waals surface area contributed by atoms with Crippen LogP contribution in [0.25, 0.3) is 0 Å². The molecule has 1 aromatic rings. The van der Waals surface area contributed by atoms with Crippen molar-refractivity contribution in [1.29, 1.82) is 5.26 Å². The molecule has 23 heavy (non-hydrogen) atoms.